The lowest BCUT2D eigenvalue weighted by molar-refractivity contribution is 0.473. The molecular formula is C35H42O4. The Morgan fingerprint density at radius 3 is 0.897 bits per heavy atom. The summed E-state index contributed by atoms with van der Waals surface area (Å²) in [6, 6.07) is 29.7. The number of hydrogen-bond acceptors (Lipinski definition) is 4. The van der Waals surface area contributed by atoms with Crippen LogP contribution in [0.2, 0.25) is 0 Å². The van der Waals surface area contributed by atoms with Crippen molar-refractivity contribution in [1.82, 2.24) is 0 Å². The lowest BCUT2D eigenvalue weighted by atomic mass is 9.87. The maximum Gasteiger partial charge on any atom is 0.115 e. The van der Waals surface area contributed by atoms with Gasteiger partial charge in [-0.25, -0.2) is 0 Å². The first-order valence-corrected chi connectivity index (χ1v) is 14.1. The highest BCUT2D eigenvalue weighted by atomic mass is 16.3. The fourth-order valence-electron chi connectivity index (χ4n) is 4.88. The van der Waals surface area contributed by atoms with E-state index in [0.29, 0.717) is 34.8 Å². The van der Waals surface area contributed by atoms with Crippen molar-refractivity contribution >= 4 is 0 Å². The van der Waals surface area contributed by atoms with Crippen LogP contribution in [0.4, 0.5) is 0 Å². The molecule has 4 nitrogen and oxygen atoms in total. The summed E-state index contributed by atoms with van der Waals surface area (Å²) in [4.78, 5) is 0. The Kier molecular flexibility index (Phi) is 11.8. The number of rotatable bonds is 11. The first kappa shape index (κ1) is 29.6. The molecule has 39 heavy (non-hydrogen) atoms. The van der Waals surface area contributed by atoms with Crippen molar-refractivity contribution in [3.63, 3.8) is 0 Å². The Hall–Kier alpha value is -3.92. The van der Waals surface area contributed by atoms with Gasteiger partial charge in [0, 0.05) is 11.8 Å². The summed E-state index contributed by atoms with van der Waals surface area (Å²) >= 11 is 0. The van der Waals surface area contributed by atoms with E-state index < -0.39 is 0 Å². The minimum Gasteiger partial charge on any atom is -0.508 e. The van der Waals surface area contributed by atoms with Crippen LogP contribution in [0.15, 0.2) is 97.1 Å². The lowest BCUT2D eigenvalue weighted by Gasteiger charge is -2.18. The monoisotopic (exact) mass is 526 g/mol. The van der Waals surface area contributed by atoms with Gasteiger partial charge in [-0.1, -0.05) is 94.5 Å². The van der Waals surface area contributed by atoms with Gasteiger partial charge < -0.3 is 20.4 Å². The predicted octanol–water partition coefficient (Wildman–Crippen LogP) is 9.23. The smallest absolute Gasteiger partial charge is 0.115 e. The molecule has 206 valence electrons. The summed E-state index contributed by atoms with van der Waals surface area (Å²) in [5, 5.41) is 37.6. The molecule has 4 rings (SSSR count). The summed E-state index contributed by atoms with van der Waals surface area (Å²) in [5.41, 5.74) is 4.84. The molecule has 4 aromatic carbocycles. The quantitative estimate of drug-likeness (QED) is 0.147. The summed E-state index contributed by atoms with van der Waals surface area (Å²) < 4.78 is 0. The van der Waals surface area contributed by atoms with Crippen molar-refractivity contribution in [3.05, 3.63) is 119 Å². The minimum absolute atomic E-state index is 0.295. The zero-order chi connectivity index (χ0) is 28.0. The summed E-state index contributed by atoms with van der Waals surface area (Å²) in [6.07, 6.45) is 8.10. The molecule has 0 amide bonds. The third-order valence-corrected chi connectivity index (χ3v) is 7.12. The second kappa shape index (κ2) is 15.5. The van der Waals surface area contributed by atoms with Gasteiger partial charge in [0.15, 0.2) is 0 Å². The summed E-state index contributed by atoms with van der Waals surface area (Å²) in [7, 11) is 0. The van der Waals surface area contributed by atoms with Crippen LogP contribution in [0.1, 0.15) is 92.9 Å². The Morgan fingerprint density at radius 1 is 0.385 bits per heavy atom. The normalized spacial score (nSPS) is 10.9. The molecule has 0 atom stereocenters. The van der Waals surface area contributed by atoms with E-state index in [1.165, 1.54) is 41.5 Å². The largest absolute Gasteiger partial charge is 0.508 e. The Bertz CT molecular complexity index is 1120. The van der Waals surface area contributed by atoms with Gasteiger partial charge in [0.2, 0.25) is 0 Å². The van der Waals surface area contributed by atoms with E-state index in [1.54, 1.807) is 48.5 Å². The van der Waals surface area contributed by atoms with Crippen LogP contribution in [0, 0.1) is 0 Å². The first-order valence-electron chi connectivity index (χ1n) is 14.1. The maximum absolute atomic E-state index is 9.43. The topological polar surface area (TPSA) is 80.9 Å². The fraction of sp³-hybridized carbons (Fsp3) is 0.314. The zero-order valence-electron chi connectivity index (χ0n) is 23.1. The molecule has 0 fully saturated rings. The van der Waals surface area contributed by atoms with Crippen molar-refractivity contribution in [1.29, 1.82) is 0 Å². The standard InChI is InChI=1S/C18H22O2.C17H20O2/c1-2-3-4-5-18(14-6-10-16(19)11-7-14)15-8-12-17(20)13-9-15;1-2-3-4-17(13-5-9-15(18)10-6-13)14-7-11-16(19)12-8-14/h6-13,18-20H,2-5H2,1H3;5-12,17-19H,2-4H2,1H3. The second-order valence-corrected chi connectivity index (χ2v) is 10.1. The molecular weight excluding hydrogens is 484 g/mol. The highest BCUT2D eigenvalue weighted by Crippen LogP contribution is 2.33. The molecule has 0 heterocycles. The van der Waals surface area contributed by atoms with E-state index in [4.69, 9.17) is 0 Å². The van der Waals surface area contributed by atoms with Crippen molar-refractivity contribution in [2.75, 3.05) is 0 Å². The first-order chi connectivity index (χ1) is 18.9. The van der Waals surface area contributed by atoms with Gasteiger partial charge in [-0.15, -0.1) is 0 Å². The predicted molar refractivity (Wildman–Crippen MR) is 160 cm³/mol. The molecule has 0 aromatic heterocycles. The zero-order valence-corrected chi connectivity index (χ0v) is 23.1. The second-order valence-electron chi connectivity index (χ2n) is 10.1. The highest BCUT2D eigenvalue weighted by molar-refractivity contribution is 5.39. The van der Waals surface area contributed by atoms with Crippen LogP contribution in [0.5, 0.6) is 23.0 Å². The van der Waals surface area contributed by atoms with Crippen LogP contribution in [0.3, 0.4) is 0 Å². The number of phenols is 4. The summed E-state index contributed by atoms with van der Waals surface area (Å²) in [6.45, 7) is 4.39. The molecule has 0 aliphatic heterocycles. The number of phenolic OH excluding ortho intramolecular Hbond substituents is 4. The third kappa shape index (κ3) is 9.40. The van der Waals surface area contributed by atoms with Crippen LogP contribution in [0.25, 0.3) is 0 Å². The van der Waals surface area contributed by atoms with E-state index in [0.717, 1.165) is 25.7 Å². The number of hydrogen-bond donors (Lipinski definition) is 4. The third-order valence-electron chi connectivity index (χ3n) is 7.12. The molecule has 4 N–H and O–H groups in total. The molecule has 4 heteroatoms. The molecule has 0 saturated heterocycles. The molecule has 0 aliphatic carbocycles. The van der Waals surface area contributed by atoms with Crippen LogP contribution in [-0.4, -0.2) is 20.4 Å². The molecule has 0 aliphatic rings. The van der Waals surface area contributed by atoms with E-state index in [2.05, 4.69) is 13.8 Å². The van der Waals surface area contributed by atoms with Crippen molar-refractivity contribution in [2.24, 2.45) is 0 Å². The average Bonchev–Trinajstić information content (AvgIpc) is 2.95. The number of unbranched alkanes of at least 4 members (excludes halogenated alkanes) is 3. The van der Waals surface area contributed by atoms with Gasteiger partial charge in [-0.2, -0.15) is 0 Å². The number of benzene rings is 4. The molecule has 4 aromatic rings. The van der Waals surface area contributed by atoms with E-state index in [-0.39, 0.29) is 0 Å². The van der Waals surface area contributed by atoms with E-state index >= 15 is 0 Å². The Morgan fingerprint density at radius 2 is 0.641 bits per heavy atom. The van der Waals surface area contributed by atoms with Gasteiger partial charge in [-0.3, -0.25) is 0 Å². The summed E-state index contributed by atoms with van der Waals surface area (Å²) in [5.74, 6) is 1.83. The molecule has 0 bridgehead atoms. The van der Waals surface area contributed by atoms with Gasteiger partial charge in [0.1, 0.15) is 23.0 Å². The van der Waals surface area contributed by atoms with Gasteiger partial charge in [0.05, 0.1) is 0 Å². The van der Waals surface area contributed by atoms with Crippen LogP contribution >= 0.6 is 0 Å². The fourth-order valence-corrected chi connectivity index (χ4v) is 4.88. The minimum atomic E-state index is 0.295. The molecule has 0 spiro atoms. The van der Waals surface area contributed by atoms with Gasteiger partial charge >= 0.3 is 0 Å². The van der Waals surface area contributed by atoms with Gasteiger partial charge in [0.25, 0.3) is 0 Å². The van der Waals surface area contributed by atoms with Crippen molar-refractivity contribution < 1.29 is 20.4 Å². The molecule has 0 unspecified atom stereocenters. The van der Waals surface area contributed by atoms with Crippen LogP contribution < -0.4 is 0 Å². The molecule has 0 saturated carbocycles. The Balaban J connectivity index is 0.000000216. The maximum atomic E-state index is 9.43. The van der Waals surface area contributed by atoms with E-state index in [1.807, 2.05) is 48.5 Å². The van der Waals surface area contributed by atoms with Crippen molar-refractivity contribution in [2.45, 2.75) is 70.6 Å². The van der Waals surface area contributed by atoms with Crippen LogP contribution in [-0.2, 0) is 0 Å². The Labute approximate surface area is 233 Å². The lowest BCUT2D eigenvalue weighted by Crippen LogP contribution is -2.01. The van der Waals surface area contributed by atoms with E-state index in [9.17, 15) is 20.4 Å². The number of aromatic hydroxyl groups is 4. The SMILES string of the molecule is CCCCC(c1ccc(O)cc1)c1ccc(O)cc1.CCCCCC(c1ccc(O)cc1)c1ccc(O)cc1. The highest BCUT2D eigenvalue weighted by Gasteiger charge is 2.15. The van der Waals surface area contributed by atoms with Crippen molar-refractivity contribution in [3.8, 4) is 23.0 Å². The van der Waals surface area contributed by atoms with Gasteiger partial charge in [-0.05, 0) is 83.6 Å². The molecule has 0 radical (unpaired) electrons. The average molecular weight is 527 g/mol.